The van der Waals surface area contributed by atoms with Crippen LogP contribution in [0.2, 0.25) is 0 Å². The number of nitrogens with one attached hydrogen (secondary N) is 3. The van der Waals surface area contributed by atoms with Crippen LogP contribution in [0.5, 0.6) is 0 Å². The molecule has 1 fully saturated rings. The lowest BCUT2D eigenvalue weighted by atomic mass is 10.0. The topological polar surface area (TPSA) is 84.9 Å². The fraction of sp³-hybridized carbons (Fsp3) is 0.444. The van der Waals surface area contributed by atoms with Crippen molar-refractivity contribution in [2.75, 3.05) is 40.0 Å². The lowest BCUT2D eigenvalue weighted by Crippen LogP contribution is -3.15. The van der Waals surface area contributed by atoms with E-state index in [1.807, 2.05) is 30.5 Å². The Bertz CT molecular complexity index is 737. The summed E-state index contributed by atoms with van der Waals surface area (Å²) in [7, 11) is 1.34. The van der Waals surface area contributed by atoms with Gasteiger partial charge in [0.2, 0.25) is 0 Å². The van der Waals surface area contributed by atoms with Crippen LogP contribution in [0.15, 0.2) is 30.5 Å². The molecule has 2 heterocycles. The second kappa shape index (κ2) is 8.13. The summed E-state index contributed by atoms with van der Waals surface area (Å²) >= 11 is 0. The molecule has 0 aliphatic carbocycles. The summed E-state index contributed by atoms with van der Waals surface area (Å²) in [6.07, 6.45) is 2.26. The molecule has 25 heavy (non-hydrogen) atoms. The van der Waals surface area contributed by atoms with Crippen LogP contribution in [0, 0.1) is 0 Å². The van der Waals surface area contributed by atoms with Crippen LogP contribution >= 0.6 is 0 Å². The van der Waals surface area contributed by atoms with Gasteiger partial charge in [0.1, 0.15) is 19.1 Å². The van der Waals surface area contributed by atoms with Gasteiger partial charge in [-0.15, -0.1) is 0 Å². The Labute approximate surface area is 146 Å². The van der Waals surface area contributed by atoms with Gasteiger partial charge in [-0.3, -0.25) is 4.79 Å². The molecule has 134 valence electrons. The maximum atomic E-state index is 12.3. The predicted molar refractivity (Wildman–Crippen MR) is 92.3 cm³/mol. The molecule has 7 nitrogen and oxygen atoms in total. The van der Waals surface area contributed by atoms with E-state index < -0.39 is 12.0 Å². The second-order valence-electron chi connectivity index (χ2n) is 6.25. The number of esters is 1. The molecule has 1 aliphatic heterocycles. The SMILES string of the molecule is COC(=O)[C@H](Cc1c[nH]c2ccccc12)NC(=O)C[NH+]1CCOCC1. The highest BCUT2D eigenvalue weighted by Gasteiger charge is 2.25. The molecule has 1 aliphatic rings. The van der Waals surface area contributed by atoms with Crippen LogP contribution in [0.25, 0.3) is 10.9 Å². The zero-order valence-electron chi connectivity index (χ0n) is 14.3. The van der Waals surface area contributed by atoms with Crippen LogP contribution < -0.4 is 10.2 Å². The standard InChI is InChI=1S/C18H23N3O4/c1-24-18(23)16(20-17(22)12-21-6-8-25-9-7-21)10-13-11-19-15-5-3-2-4-14(13)15/h2-5,11,16,19H,6-10,12H2,1H3,(H,20,22)/p+1/t16-/m0/s1. The molecular formula is C18H24N3O4+. The Morgan fingerprint density at radius 1 is 1.32 bits per heavy atom. The lowest BCUT2D eigenvalue weighted by Gasteiger charge is -2.24. The number of morpholine rings is 1. The van der Waals surface area contributed by atoms with Gasteiger partial charge in [-0.1, -0.05) is 18.2 Å². The van der Waals surface area contributed by atoms with E-state index >= 15 is 0 Å². The maximum Gasteiger partial charge on any atom is 0.328 e. The van der Waals surface area contributed by atoms with Gasteiger partial charge in [-0.05, 0) is 11.6 Å². The summed E-state index contributed by atoms with van der Waals surface area (Å²) in [5.74, 6) is -0.581. The molecular weight excluding hydrogens is 322 g/mol. The van der Waals surface area contributed by atoms with E-state index in [0.29, 0.717) is 26.2 Å². The Morgan fingerprint density at radius 3 is 2.84 bits per heavy atom. The molecule has 0 radical (unpaired) electrons. The number of aromatic amines is 1. The van der Waals surface area contributed by atoms with E-state index in [1.54, 1.807) is 0 Å². The van der Waals surface area contributed by atoms with E-state index in [-0.39, 0.29) is 5.91 Å². The predicted octanol–water partition coefficient (Wildman–Crippen LogP) is -0.717. The number of quaternary nitrogens is 1. The number of rotatable bonds is 6. The van der Waals surface area contributed by atoms with Crippen molar-refractivity contribution in [2.24, 2.45) is 0 Å². The molecule has 1 saturated heterocycles. The minimum atomic E-state index is -0.697. The minimum Gasteiger partial charge on any atom is -0.467 e. The number of carbonyl (C=O) groups is 2. The summed E-state index contributed by atoms with van der Waals surface area (Å²) in [6, 6.07) is 7.18. The van der Waals surface area contributed by atoms with Gasteiger partial charge in [0.15, 0.2) is 6.54 Å². The second-order valence-corrected chi connectivity index (χ2v) is 6.25. The Morgan fingerprint density at radius 2 is 2.08 bits per heavy atom. The number of carbonyl (C=O) groups excluding carboxylic acids is 2. The smallest absolute Gasteiger partial charge is 0.328 e. The zero-order chi connectivity index (χ0) is 17.6. The summed E-state index contributed by atoms with van der Waals surface area (Å²) in [6.45, 7) is 3.28. The summed E-state index contributed by atoms with van der Waals surface area (Å²) in [5.41, 5.74) is 1.98. The number of hydrogen-bond donors (Lipinski definition) is 3. The molecule has 1 aromatic heterocycles. The third kappa shape index (κ3) is 4.37. The molecule has 0 bridgehead atoms. The molecule has 7 heteroatoms. The molecule has 1 amide bonds. The molecule has 0 unspecified atom stereocenters. The van der Waals surface area contributed by atoms with Crippen LogP contribution in [0.4, 0.5) is 0 Å². The van der Waals surface area contributed by atoms with E-state index in [9.17, 15) is 9.59 Å². The lowest BCUT2D eigenvalue weighted by molar-refractivity contribution is -0.900. The first-order valence-electron chi connectivity index (χ1n) is 8.51. The first-order chi connectivity index (χ1) is 12.2. The zero-order valence-corrected chi connectivity index (χ0v) is 14.3. The van der Waals surface area contributed by atoms with Gasteiger partial charge < -0.3 is 24.7 Å². The molecule has 1 atom stereocenters. The molecule has 0 saturated carbocycles. The quantitative estimate of drug-likeness (QED) is 0.603. The number of hydrogen-bond acceptors (Lipinski definition) is 4. The molecule has 0 spiro atoms. The summed E-state index contributed by atoms with van der Waals surface area (Å²) in [4.78, 5) is 28.8. The number of para-hydroxylation sites is 1. The Hall–Kier alpha value is -2.38. The van der Waals surface area contributed by atoms with Crippen molar-refractivity contribution in [3.05, 3.63) is 36.0 Å². The highest BCUT2D eigenvalue weighted by atomic mass is 16.5. The van der Waals surface area contributed by atoms with Gasteiger partial charge in [-0.25, -0.2) is 4.79 Å². The highest BCUT2D eigenvalue weighted by molar-refractivity contribution is 5.87. The van der Waals surface area contributed by atoms with Gasteiger partial charge in [0.05, 0.1) is 20.3 Å². The van der Waals surface area contributed by atoms with Crippen molar-refractivity contribution in [3.8, 4) is 0 Å². The van der Waals surface area contributed by atoms with Crippen LogP contribution in [-0.4, -0.2) is 62.9 Å². The fourth-order valence-electron chi connectivity index (χ4n) is 3.17. The van der Waals surface area contributed by atoms with Gasteiger partial charge in [-0.2, -0.15) is 0 Å². The Kier molecular flexibility index (Phi) is 5.67. The minimum absolute atomic E-state index is 0.146. The number of ether oxygens (including phenoxy) is 2. The van der Waals surface area contributed by atoms with Crippen molar-refractivity contribution < 1.29 is 24.0 Å². The van der Waals surface area contributed by atoms with Crippen molar-refractivity contribution in [1.82, 2.24) is 10.3 Å². The molecule has 3 rings (SSSR count). The number of benzene rings is 1. The van der Waals surface area contributed by atoms with Crippen molar-refractivity contribution in [2.45, 2.75) is 12.5 Å². The van der Waals surface area contributed by atoms with E-state index in [0.717, 1.165) is 29.6 Å². The van der Waals surface area contributed by atoms with Crippen molar-refractivity contribution in [3.63, 3.8) is 0 Å². The highest BCUT2D eigenvalue weighted by Crippen LogP contribution is 2.19. The average molecular weight is 346 g/mol. The Balaban J connectivity index is 1.67. The monoisotopic (exact) mass is 346 g/mol. The van der Waals surface area contributed by atoms with Crippen molar-refractivity contribution >= 4 is 22.8 Å². The van der Waals surface area contributed by atoms with E-state index in [1.165, 1.54) is 12.0 Å². The fourth-order valence-corrected chi connectivity index (χ4v) is 3.17. The number of amides is 1. The third-order valence-corrected chi connectivity index (χ3v) is 4.53. The van der Waals surface area contributed by atoms with E-state index in [4.69, 9.17) is 9.47 Å². The maximum absolute atomic E-state index is 12.3. The molecule has 3 N–H and O–H groups in total. The number of fused-ring (bicyclic) bond motifs is 1. The van der Waals surface area contributed by atoms with Gasteiger partial charge in [0, 0.05) is 23.5 Å². The van der Waals surface area contributed by atoms with Gasteiger partial charge >= 0.3 is 5.97 Å². The normalized spacial score (nSPS) is 16.5. The van der Waals surface area contributed by atoms with Crippen LogP contribution in [0.1, 0.15) is 5.56 Å². The average Bonchev–Trinajstić information content (AvgIpc) is 3.04. The summed E-state index contributed by atoms with van der Waals surface area (Å²) in [5, 5.41) is 3.87. The van der Waals surface area contributed by atoms with E-state index in [2.05, 4.69) is 10.3 Å². The number of aromatic nitrogens is 1. The van der Waals surface area contributed by atoms with Crippen LogP contribution in [0.3, 0.4) is 0 Å². The third-order valence-electron chi connectivity index (χ3n) is 4.53. The largest absolute Gasteiger partial charge is 0.467 e. The number of H-pyrrole nitrogens is 1. The molecule has 1 aromatic carbocycles. The summed E-state index contributed by atoms with van der Waals surface area (Å²) < 4.78 is 10.2. The first kappa shape index (κ1) is 17.4. The van der Waals surface area contributed by atoms with Crippen LogP contribution in [-0.2, 0) is 25.5 Å². The van der Waals surface area contributed by atoms with Gasteiger partial charge in [0.25, 0.3) is 5.91 Å². The number of methoxy groups -OCH3 is 1. The van der Waals surface area contributed by atoms with Crippen molar-refractivity contribution in [1.29, 1.82) is 0 Å². The molecule has 2 aromatic rings. The first-order valence-corrected chi connectivity index (χ1v) is 8.51.